The molecule has 0 unspecified atom stereocenters. The van der Waals surface area contributed by atoms with Crippen molar-refractivity contribution in [2.24, 2.45) is 7.05 Å². The number of imidazole rings is 1. The van der Waals surface area contributed by atoms with Crippen molar-refractivity contribution >= 4 is 63.1 Å². The molecule has 0 aliphatic heterocycles. The summed E-state index contributed by atoms with van der Waals surface area (Å²) in [5, 5.41) is 5.90. The smallest absolute Gasteiger partial charge is 0.255 e. The summed E-state index contributed by atoms with van der Waals surface area (Å²) in [6, 6.07) is 14.9. The van der Waals surface area contributed by atoms with Gasteiger partial charge in [-0.25, -0.2) is 4.98 Å². The molecule has 0 atom stereocenters. The zero-order valence-corrected chi connectivity index (χ0v) is 25.9. The summed E-state index contributed by atoms with van der Waals surface area (Å²) in [7, 11) is 8.09. The quantitative estimate of drug-likeness (QED) is 0.167. The number of nitrogens with one attached hydrogen (secondary N) is 3. The van der Waals surface area contributed by atoms with Crippen molar-refractivity contribution in [1.82, 2.24) is 14.5 Å². The molecular weight excluding hydrogens is 585 g/mol. The number of H-pyrrole nitrogens is 1. The van der Waals surface area contributed by atoms with Crippen LogP contribution in [-0.4, -0.2) is 83.4 Å². The van der Waals surface area contributed by atoms with Crippen LogP contribution in [0.5, 0.6) is 0 Å². The van der Waals surface area contributed by atoms with Gasteiger partial charge in [-0.2, -0.15) is 0 Å². The number of fused-ring (bicyclic) bond motifs is 1. The Morgan fingerprint density at radius 2 is 1.66 bits per heavy atom. The van der Waals surface area contributed by atoms with Gasteiger partial charge in [-0.1, -0.05) is 0 Å². The monoisotopic (exact) mass is 619 g/mol. The molecule has 0 saturated heterocycles. The van der Waals surface area contributed by atoms with Crippen LogP contribution >= 0.6 is 23.2 Å². The zero-order chi connectivity index (χ0) is 28.9. The Labute approximate surface area is 256 Å². The molecule has 0 aliphatic carbocycles. The maximum absolute atomic E-state index is 13.0. The van der Waals surface area contributed by atoms with E-state index in [1.54, 1.807) is 18.3 Å². The van der Waals surface area contributed by atoms with Crippen LogP contribution in [0.1, 0.15) is 16.8 Å². The minimum atomic E-state index is -0.223. The summed E-state index contributed by atoms with van der Waals surface area (Å²) in [5.41, 5.74) is 5.23. The number of carbonyl (C=O) groups excluding carboxylic acids is 2. The van der Waals surface area contributed by atoms with Gasteiger partial charge in [0.05, 0.1) is 56.5 Å². The fourth-order valence-corrected chi connectivity index (χ4v) is 4.78. The van der Waals surface area contributed by atoms with Gasteiger partial charge < -0.3 is 42.0 Å². The molecule has 2 amide bonds. The average molecular weight is 621 g/mol. The first-order valence-electron chi connectivity index (χ1n) is 13.1. The number of quaternary nitrogens is 1. The van der Waals surface area contributed by atoms with Crippen molar-refractivity contribution in [2.45, 2.75) is 6.42 Å². The number of nitrogens with zero attached hydrogens (tertiary/aromatic N) is 4. The van der Waals surface area contributed by atoms with Crippen LogP contribution in [0, 0.1) is 0 Å². The summed E-state index contributed by atoms with van der Waals surface area (Å²) in [6.45, 7) is 2.14. The van der Waals surface area contributed by atoms with Crippen molar-refractivity contribution in [3.8, 4) is 11.5 Å². The molecule has 0 bridgehead atoms. The Balaban J connectivity index is 0.00000462. The van der Waals surface area contributed by atoms with Crippen molar-refractivity contribution in [2.75, 3.05) is 68.1 Å². The van der Waals surface area contributed by atoms with E-state index in [4.69, 9.17) is 28.2 Å². The van der Waals surface area contributed by atoms with Gasteiger partial charge in [0.1, 0.15) is 0 Å². The molecule has 0 saturated carbocycles. The fraction of sp³-hybridized carbons (Fsp3) is 0.345. The van der Waals surface area contributed by atoms with Crippen LogP contribution in [0.2, 0.25) is 0 Å². The van der Waals surface area contributed by atoms with E-state index in [1.807, 2.05) is 48.0 Å². The molecule has 0 spiro atoms. The van der Waals surface area contributed by atoms with Crippen LogP contribution in [-0.2, 0) is 11.8 Å². The number of hydrogen-bond donors (Lipinski definition) is 3. The van der Waals surface area contributed by atoms with Gasteiger partial charge in [-0.3, -0.25) is 9.59 Å². The first-order chi connectivity index (χ1) is 19.1. The van der Waals surface area contributed by atoms with E-state index in [0.717, 1.165) is 27.9 Å². The number of alkyl halides is 2. The standard InChI is InChI=1S/C29H35Cl2N7O2.ClH/c1-36-26-10-5-20(29(40)34-21-6-8-23(9-7-21)37(14-12-30)15-13-31)17-24(26)35-28(36)25-18-22(19-32-25)33-27(39)11-16-38(2,3)4;/h5-10,17-19H,11-16H2,1-4H3,(H2-,32,33,34,35,39,40);1H. The molecule has 2 aromatic heterocycles. The maximum Gasteiger partial charge on any atom is 0.255 e. The first kappa shape index (κ1) is 32.3. The van der Waals surface area contributed by atoms with Crippen molar-refractivity contribution < 1.29 is 26.5 Å². The van der Waals surface area contributed by atoms with Crippen LogP contribution in [0.4, 0.5) is 17.1 Å². The Kier molecular flexibility index (Phi) is 11.1. The Bertz CT molecular complexity index is 1470. The highest BCUT2D eigenvalue weighted by Gasteiger charge is 2.16. The maximum atomic E-state index is 13.0. The highest BCUT2D eigenvalue weighted by Crippen LogP contribution is 2.26. The number of anilines is 3. The second-order valence-electron chi connectivity index (χ2n) is 10.7. The molecular formula is C29H36Cl3N7O2. The number of halogens is 3. The van der Waals surface area contributed by atoms with Crippen LogP contribution in [0.3, 0.4) is 0 Å². The molecule has 2 aromatic carbocycles. The van der Waals surface area contributed by atoms with Gasteiger partial charge in [0, 0.05) is 55.0 Å². The number of amides is 2. The largest absolute Gasteiger partial charge is 1.00 e. The zero-order valence-electron chi connectivity index (χ0n) is 23.7. The summed E-state index contributed by atoms with van der Waals surface area (Å²) in [5.74, 6) is 1.46. The van der Waals surface area contributed by atoms with E-state index >= 15 is 0 Å². The molecule has 0 radical (unpaired) electrons. The number of carbonyl (C=O) groups is 2. The lowest BCUT2D eigenvalue weighted by molar-refractivity contribution is -0.869. The summed E-state index contributed by atoms with van der Waals surface area (Å²) in [4.78, 5) is 35.4. The molecule has 4 aromatic rings. The molecule has 0 fully saturated rings. The molecule has 0 aliphatic rings. The number of aryl methyl sites for hydroxylation is 1. The number of aromatic nitrogens is 3. The summed E-state index contributed by atoms with van der Waals surface area (Å²) >= 11 is 11.8. The Morgan fingerprint density at radius 3 is 2.29 bits per heavy atom. The van der Waals surface area contributed by atoms with Gasteiger partial charge >= 0.3 is 0 Å². The molecule has 220 valence electrons. The van der Waals surface area contributed by atoms with Crippen LogP contribution < -0.4 is 27.9 Å². The van der Waals surface area contributed by atoms with E-state index in [1.165, 1.54) is 0 Å². The van der Waals surface area contributed by atoms with E-state index in [9.17, 15) is 9.59 Å². The van der Waals surface area contributed by atoms with Crippen molar-refractivity contribution in [3.05, 3.63) is 60.3 Å². The minimum Gasteiger partial charge on any atom is -1.00 e. The average Bonchev–Trinajstić information content (AvgIpc) is 3.51. The fourth-order valence-electron chi connectivity index (χ4n) is 4.37. The third kappa shape index (κ3) is 8.39. The van der Waals surface area contributed by atoms with E-state index < -0.39 is 0 Å². The number of hydrogen-bond acceptors (Lipinski definition) is 4. The molecule has 4 rings (SSSR count). The van der Waals surface area contributed by atoms with Gasteiger partial charge in [0.2, 0.25) is 5.91 Å². The number of aromatic amines is 1. The lowest BCUT2D eigenvalue weighted by Gasteiger charge is -2.23. The van der Waals surface area contributed by atoms with E-state index in [-0.39, 0.29) is 24.2 Å². The van der Waals surface area contributed by atoms with Crippen molar-refractivity contribution in [1.29, 1.82) is 0 Å². The Morgan fingerprint density at radius 1 is 0.976 bits per heavy atom. The van der Waals surface area contributed by atoms with E-state index in [0.29, 0.717) is 59.5 Å². The highest BCUT2D eigenvalue weighted by molar-refractivity contribution is 6.18. The molecule has 12 heteroatoms. The second kappa shape index (κ2) is 14.1. The molecule has 9 nitrogen and oxygen atoms in total. The van der Waals surface area contributed by atoms with Gasteiger partial charge in [-0.15, -0.1) is 23.2 Å². The van der Waals surface area contributed by atoms with Gasteiger partial charge in [0.15, 0.2) is 5.82 Å². The third-order valence-corrected chi connectivity index (χ3v) is 6.90. The molecule has 2 heterocycles. The predicted molar refractivity (Wildman–Crippen MR) is 165 cm³/mol. The van der Waals surface area contributed by atoms with Crippen LogP contribution in [0.25, 0.3) is 22.6 Å². The minimum absolute atomic E-state index is 0. The first-order valence-corrected chi connectivity index (χ1v) is 14.2. The summed E-state index contributed by atoms with van der Waals surface area (Å²) in [6.07, 6.45) is 2.19. The second-order valence-corrected chi connectivity index (χ2v) is 11.4. The lowest BCUT2D eigenvalue weighted by atomic mass is 10.1. The SMILES string of the molecule is Cn1c(-c2cc(NC(=O)CC[N+](C)(C)C)c[nH]2)nc2cc(C(=O)Nc3ccc(N(CCCl)CCCl)cc3)ccc21.[Cl-]. The summed E-state index contributed by atoms with van der Waals surface area (Å²) < 4.78 is 2.68. The van der Waals surface area contributed by atoms with Crippen molar-refractivity contribution in [3.63, 3.8) is 0 Å². The van der Waals surface area contributed by atoms with Gasteiger partial charge in [0.25, 0.3) is 5.91 Å². The molecule has 3 N–H and O–H groups in total. The molecule has 41 heavy (non-hydrogen) atoms. The topological polar surface area (TPSA) is 95.0 Å². The lowest BCUT2D eigenvalue weighted by Crippen LogP contribution is -3.00. The number of rotatable bonds is 12. The normalized spacial score (nSPS) is 11.3. The van der Waals surface area contributed by atoms with Gasteiger partial charge in [-0.05, 0) is 48.5 Å². The van der Waals surface area contributed by atoms with Crippen LogP contribution in [0.15, 0.2) is 54.7 Å². The Hall–Kier alpha value is -3.24. The highest BCUT2D eigenvalue weighted by atomic mass is 35.5. The number of benzene rings is 2. The predicted octanol–water partition coefficient (Wildman–Crippen LogP) is 2.14. The van der Waals surface area contributed by atoms with E-state index in [2.05, 4.69) is 41.7 Å². The third-order valence-electron chi connectivity index (χ3n) is 6.56.